The largest absolute Gasteiger partial charge is 0.310 e. The molecule has 0 aromatic carbocycles. The molecule has 0 aliphatic carbocycles. The van der Waals surface area contributed by atoms with Crippen LogP contribution in [0.4, 0.5) is 0 Å². The van der Waals surface area contributed by atoms with E-state index in [2.05, 4.69) is 37.9 Å². The fourth-order valence-electron chi connectivity index (χ4n) is 2.92. The van der Waals surface area contributed by atoms with Crippen molar-refractivity contribution >= 4 is 0 Å². The van der Waals surface area contributed by atoms with Gasteiger partial charge in [0.1, 0.15) is 0 Å². The molecular formula is C11H22N2. The summed E-state index contributed by atoms with van der Waals surface area (Å²) < 4.78 is 0. The van der Waals surface area contributed by atoms with Gasteiger partial charge in [-0.1, -0.05) is 13.8 Å². The van der Waals surface area contributed by atoms with Gasteiger partial charge in [0.15, 0.2) is 0 Å². The van der Waals surface area contributed by atoms with E-state index in [0.717, 1.165) is 6.04 Å². The highest BCUT2D eigenvalue weighted by Gasteiger charge is 2.45. The van der Waals surface area contributed by atoms with Crippen LogP contribution in [0.5, 0.6) is 0 Å². The predicted molar refractivity (Wildman–Crippen MR) is 55.8 cm³/mol. The van der Waals surface area contributed by atoms with E-state index in [1.165, 1.54) is 26.1 Å². The van der Waals surface area contributed by atoms with Gasteiger partial charge in [0, 0.05) is 24.7 Å². The van der Waals surface area contributed by atoms with Crippen molar-refractivity contribution in [2.24, 2.45) is 5.41 Å². The minimum atomic E-state index is 0.330. The molecule has 1 N–H and O–H groups in total. The lowest BCUT2D eigenvalue weighted by Gasteiger charge is -2.52. The topological polar surface area (TPSA) is 15.3 Å². The summed E-state index contributed by atoms with van der Waals surface area (Å²) >= 11 is 0. The Morgan fingerprint density at radius 1 is 1.15 bits per heavy atom. The normalized spacial score (nSPS) is 37.4. The van der Waals surface area contributed by atoms with E-state index in [9.17, 15) is 0 Å². The molecule has 0 aromatic heterocycles. The molecule has 2 rings (SSSR count). The first-order chi connectivity index (χ1) is 5.91. The van der Waals surface area contributed by atoms with Gasteiger partial charge in [-0.05, 0) is 32.2 Å². The van der Waals surface area contributed by atoms with Crippen LogP contribution in [0.15, 0.2) is 0 Å². The van der Waals surface area contributed by atoms with Crippen LogP contribution in [-0.2, 0) is 0 Å². The molecule has 2 saturated heterocycles. The summed E-state index contributed by atoms with van der Waals surface area (Å²) in [6, 6.07) is 0.764. The zero-order valence-electron chi connectivity index (χ0n) is 9.35. The fraction of sp³-hybridized carbons (Fsp3) is 1.00. The van der Waals surface area contributed by atoms with E-state index in [1.807, 2.05) is 0 Å². The van der Waals surface area contributed by atoms with Crippen LogP contribution in [0.25, 0.3) is 0 Å². The average molecular weight is 182 g/mol. The molecule has 2 aliphatic heterocycles. The summed E-state index contributed by atoms with van der Waals surface area (Å²) in [5.41, 5.74) is 0.898. The Balaban J connectivity index is 1.96. The number of nitrogens with one attached hydrogen (secondary N) is 1. The molecule has 0 bridgehead atoms. The van der Waals surface area contributed by atoms with E-state index in [1.54, 1.807) is 0 Å². The number of likely N-dealkylation sites (tertiary alicyclic amines) is 1. The van der Waals surface area contributed by atoms with Crippen molar-refractivity contribution in [2.75, 3.05) is 19.6 Å². The first kappa shape index (κ1) is 9.47. The molecule has 0 saturated carbocycles. The van der Waals surface area contributed by atoms with Crippen molar-refractivity contribution in [3.05, 3.63) is 0 Å². The third kappa shape index (κ3) is 1.62. The minimum absolute atomic E-state index is 0.330. The van der Waals surface area contributed by atoms with Crippen LogP contribution in [0.3, 0.4) is 0 Å². The first-order valence-corrected chi connectivity index (χ1v) is 5.40. The summed E-state index contributed by atoms with van der Waals surface area (Å²) in [5, 5.41) is 3.58. The summed E-state index contributed by atoms with van der Waals surface area (Å²) in [6.45, 7) is 13.1. The molecule has 0 radical (unpaired) electrons. The van der Waals surface area contributed by atoms with Crippen molar-refractivity contribution in [2.45, 2.75) is 45.7 Å². The van der Waals surface area contributed by atoms with Gasteiger partial charge in [-0.3, -0.25) is 4.90 Å². The van der Waals surface area contributed by atoms with Crippen molar-refractivity contribution in [1.29, 1.82) is 0 Å². The number of rotatable bonds is 1. The second kappa shape index (κ2) is 2.71. The average Bonchev–Trinajstić information content (AvgIpc) is 2.24. The SMILES string of the molecule is CC1(C)CN(C2CCNC2(C)C)C1. The van der Waals surface area contributed by atoms with Crippen molar-refractivity contribution in [3.8, 4) is 0 Å². The number of hydrogen-bond acceptors (Lipinski definition) is 2. The predicted octanol–water partition coefficient (Wildman–Crippen LogP) is 1.47. The Morgan fingerprint density at radius 2 is 1.77 bits per heavy atom. The third-order valence-corrected chi connectivity index (χ3v) is 3.53. The second-order valence-electron chi connectivity index (χ2n) is 6.02. The van der Waals surface area contributed by atoms with Crippen molar-refractivity contribution in [3.63, 3.8) is 0 Å². The molecule has 0 amide bonds. The molecule has 2 nitrogen and oxygen atoms in total. The molecule has 1 unspecified atom stereocenters. The summed E-state index contributed by atoms with van der Waals surface area (Å²) in [7, 11) is 0. The molecule has 0 spiro atoms. The van der Waals surface area contributed by atoms with E-state index >= 15 is 0 Å². The molecule has 2 heterocycles. The Labute approximate surface area is 81.7 Å². The maximum absolute atomic E-state index is 3.58. The standard InChI is InChI=1S/C11H22N2/c1-10(2)7-13(8-10)9-5-6-12-11(9,3)4/h9,12H,5-8H2,1-4H3. The van der Waals surface area contributed by atoms with Crippen molar-refractivity contribution < 1.29 is 0 Å². The highest BCUT2D eigenvalue weighted by molar-refractivity contribution is 5.03. The molecule has 2 fully saturated rings. The van der Waals surface area contributed by atoms with Gasteiger partial charge in [-0.15, -0.1) is 0 Å². The molecular weight excluding hydrogens is 160 g/mol. The lowest BCUT2D eigenvalue weighted by molar-refractivity contribution is -0.0216. The third-order valence-electron chi connectivity index (χ3n) is 3.53. The zero-order chi connectivity index (χ0) is 9.69. The quantitative estimate of drug-likeness (QED) is 0.660. The Bertz CT molecular complexity index is 200. The van der Waals surface area contributed by atoms with E-state index < -0.39 is 0 Å². The van der Waals surface area contributed by atoms with Crippen molar-refractivity contribution in [1.82, 2.24) is 10.2 Å². The Hall–Kier alpha value is -0.0800. The summed E-state index contributed by atoms with van der Waals surface area (Å²) in [5.74, 6) is 0. The van der Waals surface area contributed by atoms with E-state index in [4.69, 9.17) is 0 Å². The molecule has 2 aliphatic rings. The van der Waals surface area contributed by atoms with Crippen LogP contribution in [0.1, 0.15) is 34.1 Å². The lowest BCUT2D eigenvalue weighted by atomic mass is 9.80. The molecule has 1 atom stereocenters. The first-order valence-electron chi connectivity index (χ1n) is 5.40. The highest BCUT2D eigenvalue weighted by Crippen LogP contribution is 2.36. The summed E-state index contributed by atoms with van der Waals surface area (Å²) in [6.07, 6.45) is 1.32. The molecule has 13 heavy (non-hydrogen) atoms. The smallest absolute Gasteiger partial charge is 0.0285 e. The van der Waals surface area contributed by atoms with Crippen LogP contribution in [0.2, 0.25) is 0 Å². The maximum Gasteiger partial charge on any atom is 0.0285 e. The number of hydrogen-bond donors (Lipinski definition) is 1. The Kier molecular flexibility index (Phi) is 1.97. The second-order valence-corrected chi connectivity index (χ2v) is 6.02. The maximum atomic E-state index is 3.58. The zero-order valence-corrected chi connectivity index (χ0v) is 9.35. The van der Waals surface area contributed by atoms with Gasteiger partial charge < -0.3 is 5.32 Å². The van der Waals surface area contributed by atoms with Gasteiger partial charge >= 0.3 is 0 Å². The highest BCUT2D eigenvalue weighted by atomic mass is 15.3. The monoisotopic (exact) mass is 182 g/mol. The minimum Gasteiger partial charge on any atom is -0.310 e. The molecule has 0 aromatic rings. The lowest BCUT2D eigenvalue weighted by Crippen LogP contribution is -2.62. The summed E-state index contributed by atoms with van der Waals surface area (Å²) in [4.78, 5) is 2.64. The Morgan fingerprint density at radius 3 is 2.15 bits per heavy atom. The van der Waals surface area contributed by atoms with Gasteiger partial charge in [-0.2, -0.15) is 0 Å². The van der Waals surface area contributed by atoms with Gasteiger partial charge in [0.2, 0.25) is 0 Å². The van der Waals surface area contributed by atoms with Crippen LogP contribution in [0, 0.1) is 5.41 Å². The number of nitrogens with zero attached hydrogens (tertiary/aromatic N) is 1. The van der Waals surface area contributed by atoms with Gasteiger partial charge in [0.25, 0.3) is 0 Å². The molecule has 2 heteroatoms. The molecule has 76 valence electrons. The van der Waals surface area contributed by atoms with Crippen LogP contribution < -0.4 is 5.32 Å². The van der Waals surface area contributed by atoms with Crippen LogP contribution in [-0.4, -0.2) is 36.1 Å². The van der Waals surface area contributed by atoms with E-state index in [-0.39, 0.29) is 0 Å². The van der Waals surface area contributed by atoms with Gasteiger partial charge in [-0.25, -0.2) is 0 Å². The fourth-order valence-corrected chi connectivity index (χ4v) is 2.92. The van der Waals surface area contributed by atoms with E-state index in [0.29, 0.717) is 11.0 Å². The van der Waals surface area contributed by atoms with Crippen LogP contribution >= 0.6 is 0 Å². The van der Waals surface area contributed by atoms with Gasteiger partial charge in [0.05, 0.1) is 0 Å².